The van der Waals surface area contributed by atoms with Crippen molar-refractivity contribution in [2.45, 2.75) is 246 Å². The molecule has 536 valence electrons. The molecule has 99 heavy (non-hydrogen) atoms. The molecule has 9 aliphatic carbocycles. The number of aliphatic hydroxyl groups is 8. The van der Waals surface area contributed by atoms with Gasteiger partial charge in [-0.2, -0.15) is 0 Å². The van der Waals surface area contributed by atoms with Crippen molar-refractivity contribution in [2.24, 2.45) is 90.7 Å². The largest absolute Gasteiger partial charge is 0.388 e. The first-order valence-corrected chi connectivity index (χ1v) is 37.0. The molecule has 0 aliphatic heterocycles. The van der Waals surface area contributed by atoms with Crippen molar-refractivity contribution < 1.29 is 40.9 Å². The second-order valence-electron chi connectivity index (χ2n) is 38.0. The van der Waals surface area contributed by atoms with Crippen molar-refractivity contribution in [3.05, 3.63) is 199 Å². The molecule has 0 spiro atoms. The molecule has 8 N–H and O–H groups in total. The Balaban J connectivity index is 1.20. The van der Waals surface area contributed by atoms with Gasteiger partial charge in [-0.05, 0) is 195 Å². The van der Waals surface area contributed by atoms with E-state index in [0.717, 1.165) is 83.6 Å². The number of rotatable bonds is 4. The van der Waals surface area contributed by atoms with E-state index in [0.29, 0.717) is 50.5 Å². The number of hydrogen-bond donors (Lipinski definition) is 8. The van der Waals surface area contributed by atoms with E-state index in [9.17, 15) is 40.9 Å². The van der Waals surface area contributed by atoms with Gasteiger partial charge in [-0.3, -0.25) is 0 Å². The lowest BCUT2D eigenvalue weighted by molar-refractivity contribution is 0.0967. The van der Waals surface area contributed by atoms with Gasteiger partial charge in [0.05, 0.1) is 59.7 Å². The van der Waals surface area contributed by atoms with Crippen LogP contribution in [0.3, 0.4) is 0 Å². The molecular formula is C91H124O8. The lowest BCUT2D eigenvalue weighted by atomic mass is 9.67. The fourth-order valence-electron chi connectivity index (χ4n) is 16.2. The molecule has 0 saturated heterocycles. The highest BCUT2D eigenvalue weighted by atomic mass is 16.3. The van der Waals surface area contributed by atoms with Crippen molar-refractivity contribution in [1.82, 2.24) is 0 Å². The third-order valence-corrected chi connectivity index (χ3v) is 23.7. The van der Waals surface area contributed by atoms with E-state index in [1.807, 2.05) is 45.9 Å². The zero-order valence-electron chi connectivity index (χ0n) is 64.1. The van der Waals surface area contributed by atoms with Crippen LogP contribution >= 0.6 is 0 Å². The molecule has 9 aliphatic rings. The first-order valence-electron chi connectivity index (χ1n) is 37.0. The topological polar surface area (TPSA) is 162 Å². The van der Waals surface area contributed by atoms with Crippen LogP contribution in [0, 0.1) is 115 Å². The third kappa shape index (κ3) is 16.9. The predicted octanol–water partition coefficient (Wildman–Crippen LogP) is 17.6. The van der Waals surface area contributed by atoms with Gasteiger partial charge in [0, 0.05) is 52.8 Å². The lowest BCUT2D eigenvalue weighted by Crippen LogP contribution is -2.37. The average Bonchev–Trinajstić information content (AvgIpc) is 0.781. The molecule has 16 bridgehead atoms. The highest BCUT2D eigenvalue weighted by Gasteiger charge is 2.45. The Bertz CT molecular complexity index is 3790. The van der Waals surface area contributed by atoms with Crippen LogP contribution in [-0.2, 0) is 0 Å². The van der Waals surface area contributed by atoms with E-state index in [-0.39, 0.29) is 33.5 Å². The molecule has 16 unspecified atom stereocenters. The van der Waals surface area contributed by atoms with Crippen molar-refractivity contribution >= 4 is 0 Å². The van der Waals surface area contributed by atoms with E-state index in [1.165, 1.54) is 0 Å². The van der Waals surface area contributed by atoms with Crippen molar-refractivity contribution in [3.63, 3.8) is 0 Å². The summed E-state index contributed by atoms with van der Waals surface area (Å²) in [5, 5.41) is 104. The molecule has 1 saturated carbocycles. The second kappa shape index (κ2) is 28.2. The van der Waals surface area contributed by atoms with E-state index in [2.05, 4.69) is 221 Å². The van der Waals surface area contributed by atoms with Gasteiger partial charge in [0.15, 0.2) is 0 Å². The van der Waals surface area contributed by atoms with E-state index in [1.54, 1.807) is 0 Å². The molecule has 9 rings (SSSR count). The van der Waals surface area contributed by atoms with Crippen molar-refractivity contribution in [1.29, 1.82) is 0 Å². The minimum atomic E-state index is -1.02. The summed E-state index contributed by atoms with van der Waals surface area (Å²) >= 11 is 0. The number of hydrogen-bond acceptors (Lipinski definition) is 8. The van der Waals surface area contributed by atoms with Gasteiger partial charge >= 0.3 is 0 Å². The molecular weight excluding hydrogens is 1220 g/mol. The molecule has 1 fully saturated rings. The van der Waals surface area contributed by atoms with E-state index >= 15 is 0 Å². The Morgan fingerprint density at radius 2 is 0.475 bits per heavy atom. The average molecular weight is 1350 g/mol. The van der Waals surface area contributed by atoms with Crippen molar-refractivity contribution in [2.75, 3.05) is 0 Å². The Labute approximate surface area is 597 Å². The molecule has 16 atom stereocenters. The molecule has 0 radical (unpaired) electrons. The van der Waals surface area contributed by atoms with Gasteiger partial charge in [-0.25, -0.2) is 0 Å². The highest BCUT2D eigenvalue weighted by molar-refractivity contribution is 5.50. The molecule has 0 heterocycles. The molecule has 8 heteroatoms. The molecule has 0 aromatic heterocycles. The SMILES string of the molecule is C#CC(C)(C)C1=CC2CC3C=C(C(C)(C)C#C)C=C(CC4C=C(C(C)(C)C)C=C(CC5=CC(C(C)(C)C)=CC(CC6=CC(C(C)(C)C)=CC(CC7=CC(C(C)(C)C)=CC(CC8C=C(C(C)(C)C=C)C=C(CC9C=C(C(C)(C)C)C=C(CC(=C1)C2O)C9O)C8O)C7O)C6O)C5O)C4O)C3O. The zero-order chi connectivity index (χ0) is 73.6. The summed E-state index contributed by atoms with van der Waals surface area (Å²) in [6, 6.07) is 0. The fraction of sp³-hybridized carbons (Fsp3) is 0.582. The van der Waals surface area contributed by atoms with E-state index < -0.39 is 112 Å². The van der Waals surface area contributed by atoms with Gasteiger partial charge < -0.3 is 40.9 Å². The minimum absolute atomic E-state index is 0.240. The quantitative estimate of drug-likeness (QED) is 0.102. The lowest BCUT2D eigenvalue weighted by Gasteiger charge is -2.40. The standard InChI is InChI=1S/C91H124O8/c1-25-89(19,20)73-46-62-31-58-42-70(86(10,11)12)40-56(78(58)94)29-54-38-68(84(4,5)6)36-52(76(54)92)28-53-37-69(85(7,8)9)39-55(77(53)93)30-57-41-71(87(13,14)15)43-59(79(57)95)32-64-48-74(90(21,22)26-2)50-66(82(64)98)35-67-51-75(91(23,24)27-3)49-65(83(67)99)34-61-45-72(88(16,17)18)44-60(80(61)96)33-63(47-73)81(62)97/h2-3,25,36-51,53-54,58-60,62,66-67,76-83,92-99H,1,28-35H2,4-24H3. The maximum absolute atomic E-state index is 13.0. The van der Waals surface area contributed by atoms with Gasteiger partial charge in [-0.15, -0.1) is 19.4 Å². The van der Waals surface area contributed by atoms with Gasteiger partial charge in [0.1, 0.15) is 0 Å². The van der Waals surface area contributed by atoms with Crippen LogP contribution in [0.1, 0.15) is 197 Å². The van der Waals surface area contributed by atoms with Crippen LogP contribution in [-0.4, -0.2) is 89.7 Å². The molecule has 0 amide bonds. The second-order valence-corrected chi connectivity index (χ2v) is 38.0. The van der Waals surface area contributed by atoms with Crippen molar-refractivity contribution in [3.8, 4) is 24.7 Å². The van der Waals surface area contributed by atoms with Crippen LogP contribution < -0.4 is 0 Å². The Hall–Kier alpha value is -5.62. The summed E-state index contributed by atoms with van der Waals surface area (Å²) in [4.78, 5) is 0. The monoisotopic (exact) mass is 1340 g/mol. The zero-order valence-corrected chi connectivity index (χ0v) is 64.1. The van der Waals surface area contributed by atoms with Gasteiger partial charge in [-0.1, -0.05) is 233 Å². The summed E-state index contributed by atoms with van der Waals surface area (Å²) < 4.78 is 0. The minimum Gasteiger partial charge on any atom is -0.388 e. The van der Waals surface area contributed by atoms with Crippen LogP contribution in [0.4, 0.5) is 0 Å². The molecule has 0 aromatic carbocycles. The predicted molar refractivity (Wildman–Crippen MR) is 409 cm³/mol. The van der Waals surface area contributed by atoms with Gasteiger partial charge in [0.25, 0.3) is 0 Å². The van der Waals surface area contributed by atoms with E-state index in [4.69, 9.17) is 12.8 Å². The summed E-state index contributed by atoms with van der Waals surface area (Å²) in [6.07, 6.45) is 43.6. The summed E-state index contributed by atoms with van der Waals surface area (Å²) in [5.41, 5.74) is 10.6. The number of fused-ring (bicyclic) bond motifs is 16. The Kier molecular flexibility index (Phi) is 22.1. The Morgan fingerprint density at radius 3 is 0.727 bits per heavy atom. The molecule has 8 nitrogen and oxygen atoms in total. The maximum Gasteiger partial charge on any atom is 0.0822 e. The van der Waals surface area contributed by atoms with Crippen LogP contribution in [0.15, 0.2) is 199 Å². The molecule has 0 aromatic rings. The fourth-order valence-corrected chi connectivity index (χ4v) is 16.2. The number of terminal acetylenes is 2. The van der Waals surface area contributed by atoms with Crippen LogP contribution in [0.25, 0.3) is 0 Å². The van der Waals surface area contributed by atoms with Gasteiger partial charge in [0.2, 0.25) is 0 Å². The summed E-state index contributed by atoms with van der Waals surface area (Å²) in [7, 11) is 0. The maximum atomic E-state index is 13.0. The van der Waals surface area contributed by atoms with Crippen LogP contribution in [0.5, 0.6) is 0 Å². The third-order valence-electron chi connectivity index (χ3n) is 23.7. The first kappa shape index (κ1) is 77.5. The highest BCUT2D eigenvalue weighted by Crippen LogP contribution is 2.51. The summed E-state index contributed by atoms with van der Waals surface area (Å²) in [5.74, 6) is 2.41. The first-order chi connectivity index (χ1) is 45.5. The number of allylic oxidation sites excluding steroid dienone is 17. The number of aliphatic hydroxyl groups excluding tert-OH is 8. The normalized spacial score (nSPS) is 32.8. The van der Waals surface area contributed by atoms with Crippen LogP contribution in [0.2, 0.25) is 0 Å². The smallest absolute Gasteiger partial charge is 0.0822 e. The Morgan fingerprint density at radius 1 is 0.293 bits per heavy atom. The summed E-state index contributed by atoms with van der Waals surface area (Å²) in [6.45, 7) is 49.2.